The minimum atomic E-state index is -4.50. The summed E-state index contributed by atoms with van der Waals surface area (Å²) in [7, 11) is 1.65. The summed E-state index contributed by atoms with van der Waals surface area (Å²) >= 11 is 0. The van der Waals surface area contributed by atoms with Crippen LogP contribution in [0.15, 0.2) is 54.8 Å². The minimum Gasteiger partial charge on any atom is -0.496 e. The summed E-state index contributed by atoms with van der Waals surface area (Å²) in [5.41, 5.74) is 6.83. The molecule has 12 nitrogen and oxygen atoms in total. The van der Waals surface area contributed by atoms with Crippen LogP contribution in [0.2, 0.25) is 0 Å². The Balaban J connectivity index is 0.000000436. The Morgan fingerprint density at radius 2 is 1.67 bits per heavy atom. The molecule has 0 radical (unpaired) electrons. The molecule has 4 heterocycles. The van der Waals surface area contributed by atoms with Gasteiger partial charge in [0.1, 0.15) is 23.0 Å². The number of anilines is 2. The van der Waals surface area contributed by atoms with Crippen molar-refractivity contribution in [3.05, 3.63) is 77.3 Å². The smallest absolute Gasteiger partial charge is 0.416 e. The topological polar surface area (TPSA) is 138 Å². The number of carbonyl (C=O) groups excluding carboxylic acids is 2. The van der Waals surface area contributed by atoms with E-state index in [1.807, 2.05) is 45.1 Å². The van der Waals surface area contributed by atoms with Crippen molar-refractivity contribution in [3.8, 4) is 5.75 Å². The van der Waals surface area contributed by atoms with E-state index in [0.717, 1.165) is 106 Å². The van der Waals surface area contributed by atoms with Crippen LogP contribution in [0, 0.1) is 18.8 Å². The molecule has 1 aliphatic carbocycles. The molecule has 63 heavy (non-hydrogen) atoms. The first-order chi connectivity index (χ1) is 30.0. The number of carbonyl (C=O) groups is 2. The van der Waals surface area contributed by atoms with Crippen LogP contribution >= 0.6 is 0 Å². The van der Waals surface area contributed by atoms with Crippen molar-refractivity contribution >= 4 is 34.4 Å². The highest BCUT2D eigenvalue weighted by Gasteiger charge is 2.34. The van der Waals surface area contributed by atoms with Gasteiger partial charge in [-0.2, -0.15) is 13.2 Å². The zero-order valence-electron chi connectivity index (χ0n) is 37.9. The van der Waals surface area contributed by atoms with Crippen molar-refractivity contribution in [2.45, 2.75) is 110 Å². The molecule has 3 aliphatic heterocycles. The van der Waals surface area contributed by atoms with E-state index in [0.29, 0.717) is 35.2 Å². The summed E-state index contributed by atoms with van der Waals surface area (Å²) in [6, 6.07) is 7.08. The number of piperazine rings is 1. The van der Waals surface area contributed by atoms with Crippen LogP contribution in [0.25, 0.3) is 10.9 Å². The lowest BCUT2D eigenvalue weighted by Gasteiger charge is -2.38. The number of nitrogens with one attached hydrogen (secondary N) is 2. The molecular weight excluding hydrogens is 810 g/mol. The number of amides is 2. The summed E-state index contributed by atoms with van der Waals surface area (Å²) in [4.78, 5) is 40.5. The van der Waals surface area contributed by atoms with E-state index in [4.69, 9.17) is 15.2 Å². The van der Waals surface area contributed by atoms with Gasteiger partial charge in [-0.3, -0.25) is 14.6 Å². The zero-order chi connectivity index (χ0) is 45.3. The fraction of sp³-hybridized carbons (Fsp3) is 0.583. The fourth-order valence-electron chi connectivity index (χ4n) is 9.07. The molecule has 2 saturated heterocycles. The van der Waals surface area contributed by atoms with Crippen molar-refractivity contribution in [2.75, 3.05) is 70.5 Å². The van der Waals surface area contributed by atoms with Crippen molar-refractivity contribution in [3.63, 3.8) is 0 Å². The number of nitrogen functional groups attached to an aromatic ring is 1. The van der Waals surface area contributed by atoms with Crippen LogP contribution < -0.4 is 21.1 Å². The van der Waals surface area contributed by atoms with Gasteiger partial charge in [-0.1, -0.05) is 12.2 Å². The minimum absolute atomic E-state index is 0.0353. The number of rotatable bonds is 10. The van der Waals surface area contributed by atoms with Gasteiger partial charge >= 0.3 is 12.3 Å². The maximum atomic E-state index is 13.6. The Kier molecular flexibility index (Phi) is 16.0. The van der Waals surface area contributed by atoms with E-state index in [-0.39, 0.29) is 23.6 Å². The summed E-state index contributed by atoms with van der Waals surface area (Å²) in [6.45, 7) is 16.7. The number of benzene rings is 2. The van der Waals surface area contributed by atoms with Gasteiger partial charge in [0.25, 0.3) is 0 Å². The molecule has 15 heteroatoms. The maximum Gasteiger partial charge on any atom is 0.416 e. The predicted molar refractivity (Wildman–Crippen MR) is 242 cm³/mol. The van der Waals surface area contributed by atoms with E-state index in [9.17, 15) is 22.8 Å². The molecule has 1 atom stereocenters. The Labute approximate surface area is 370 Å². The third-order valence-electron chi connectivity index (χ3n) is 12.5. The molecule has 0 spiro atoms. The first-order valence-corrected chi connectivity index (χ1v) is 22.6. The van der Waals surface area contributed by atoms with Crippen LogP contribution in [0.3, 0.4) is 0 Å². The normalized spacial score (nSPS) is 20.5. The molecule has 7 rings (SSSR count). The average Bonchev–Trinajstić information content (AvgIpc) is 3.26. The van der Waals surface area contributed by atoms with Crippen LogP contribution in [0.1, 0.15) is 114 Å². The molecule has 2 aromatic carbocycles. The second-order valence-corrected chi connectivity index (χ2v) is 18.4. The molecule has 1 saturated carbocycles. The number of fused-ring (bicyclic) bond motifs is 1. The molecule has 344 valence electrons. The van der Waals surface area contributed by atoms with E-state index >= 15 is 0 Å². The van der Waals surface area contributed by atoms with Crippen LogP contribution in [-0.2, 0) is 15.7 Å². The SMILES string of the molecule is CC(C)(C)OC(=O)N1C=CC=CC1.COc1cc2nc(C)nc(N[C@H](C)c3cc(N)cc(C(F)(F)F)c3)c2cc1C1CCC(C(=O)N2CCN(CCCC3CCNCC3)CC2)CC1. The third kappa shape index (κ3) is 13.3. The van der Waals surface area contributed by atoms with Gasteiger partial charge in [0.05, 0.1) is 24.2 Å². The van der Waals surface area contributed by atoms with E-state index in [1.165, 1.54) is 30.6 Å². The van der Waals surface area contributed by atoms with E-state index < -0.39 is 23.4 Å². The number of hydrogen-bond donors (Lipinski definition) is 3. The van der Waals surface area contributed by atoms with Crippen molar-refractivity contribution in [1.82, 2.24) is 30.0 Å². The fourth-order valence-corrected chi connectivity index (χ4v) is 9.07. The van der Waals surface area contributed by atoms with Gasteiger partial charge in [-0.15, -0.1) is 0 Å². The third-order valence-corrected chi connectivity index (χ3v) is 12.5. The Hall–Kier alpha value is -4.89. The summed E-state index contributed by atoms with van der Waals surface area (Å²) in [5.74, 6) is 3.20. The van der Waals surface area contributed by atoms with Crippen LogP contribution in [0.4, 0.5) is 29.5 Å². The van der Waals surface area contributed by atoms with Gasteiger partial charge in [0, 0.05) is 62.0 Å². The molecule has 0 bridgehead atoms. The first-order valence-electron chi connectivity index (χ1n) is 22.6. The standard InChI is InChI=1S/C38H52F3N7O2.C10H15NO2/c1-24(29-19-30(38(39,40)41)21-31(42)20-29)44-36-33-22-32(35(50-3)23-34(33)45-25(2)46-36)27-6-8-28(9-7-27)37(49)48-17-15-47(16-18-48)14-4-5-26-10-12-43-13-11-26;1-10(2,3)13-9(12)11-7-5-4-6-8-11/h19-24,26-28,43H,4-18,42H2,1-3H3,(H,44,45,46);4-7H,8H2,1-3H3/t24-,27?,28?;/m1./s1. The molecule has 4 aliphatic rings. The van der Waals surface area contributed by atoms with Gasteiger partial charge < -0.3 is 30.7 Å². The van der Waals surface area contributed by atoms with E-state index in [1.54, 1.807) is 33.2 Å². The number of hydrogen-bond acceptors (Lipinski definition) is 10. The Morgan fingerprint density at radius 1 is 0.952 bits per heavy atom. The molecule has 0 unspecified atom stereocenters. The highest BCUT2D eigenvalue weighted by atomic mass is 19.4. The maximum absolute atomic E-state index is 13.6. The number of halogens is 3. The predicted octanol–water partition coefficient (Wildman–Crippen LogP) is 9.23. The highest BCUT2D eigenvalue weighted by Crippen LogP contribution is 2.43. The van der Waals surface area contributed by atoms with Crippen LogP contribution in [-0.4, -0.2) is 102 Å². The summed E-state index contributed by atoms with van der Waals surface area (Å²) in [6.07, 6.45) is 11.1. The molecule has 2 amide bonds. The number of aromatic nitrogens is 2. The number of piperidine rings is 1. The van der Waals surface area contributed by atoms with Crippen molar-refractivity contribution in [2.24, 2.45) is 11.8 Å². The number of nitrogens with zero attached hydrogens (tertiary/aromatic N) is 5. The van der Waals surface area contributed by atoms with Crippen molar-refractivity contribution < 1.29 is 32.2 Å². The lowest BCUT2D eigenvalue weighted by atomic mass is 9.77. The second-order valence-electron chi connectivity index (χ2n) is 18.4. The Morgan fingerprint density at radius 3 is 2.30 bits per heavy atom. The average molecular weight is 877 g/mol. The largest absolute Gasteiger partial charge is 0.496 e. The number of alkyl halides is 3. The summed E-state index contributed by atoms with van der Waals surface area (Å²) in [5, 5.41) is 7.55. The lowest BCUT2D eigenvalue weighted by Crippen LogP contribution is -2.50. The molecule has 3 aromatic rings. The number of methoxy groups -OCH3 is 1. The Bertz CT molecular complexity index is 2080. The van der Waals surface area contributed by atoms with Crippen molar-refractivity contribution in [1.29, 1.82) is 0 Å². The monoisotopic (exact) mass is 877 g/mol. The number of ether oxygens (including phenoxy) is 2. The molecule has 3 fully saturated rings. The number of nitrogens with two attached hydrogens (primary N) is 1. The zero-order valence-corrected chi connectivity index (χ0v) is 37.9. The molecule has 1 aromatic heterocycles. The molecular formula is C48H67F3N8O4. The van der Waals surface area contributed by atoms with Gasteiger partial charge in [0.15, 0.2) is 0 Å². The summed E-state index contributed by atoms with van der Waals surface area (Å²) < 4.78 is 51.6. The van der Waals surface area contributed by atoms with Gasteiger partial charge in [-0.25, -0.2) is 14.8 Å². The van der Waals surface area contributed by atoms with Gasteiger partial charge in [-0.05, 0) is 159 Å². The quantitative estimate of drug-likeness (QED) is 0.169. The van der Waals surface area contributed by atoms with Gasteiger partial charge in [0.2, 0.25) is 5.91 Å². The number of allylic oxidation sites excluding steroid dienone is 2. The number of aryl methyl sites for hydroxylation is 1. The highest BCUT2D eigenvalue weighted by molar-refractivity contribution is 5.91. The second kappa shape index (κ2) is 21.2. The first kappa shape index (κ1) is 47.6. The van der Waals surface area contributed by atoms with E-state index in [2.05, 4.69) is 36.5 Å². The van der Waals surface area contributed by atoms with Crippen LogP contribution in [0.5, 0.6) is 5.75 Å². The lowest BCUT2D eigenvalue weighted by molar-refractivity contribution is -0.138. The molecule has 4 N–H and O–H groups in total.